The van der Waals surface area contributed by atoms with Gasteiger partial charge in [0.2, 0.25) is 5.91 Å². The Kier molecular flexibility index (Phi) is 8.68. The smallest absolute Gasteiger partial charge is 0.306 e. The van der Waals surface area contributed by atoms with Crippen molar-refractivity contribution in [1.29, 1.82) is 0 Å². The van der Waals surface area contributed by atoms with Gasteiger partial charge >= 0.3 is 5.97 Å². The van der Waals surface area contributed by atoms with Gasteiger partial charge in [0.05, 0.1) is 6.04 Å². The zero-order chi connectivity index (χ0) is 18.8. The highest BCUT2D eigenvalue weighted by Crippen LogP contribution is 2.26. The number of ether oxygens (including phenoxy) is 1. The average molecular weight is 343 g/mol. The van der Waals surface area contributed by atoms with Crippen molar-refractivity contribution in [3.8, 4) is 0 Å². The highest BCUT2D eigenvalue weighted by Gasteiger charge is 2.30. The maximum absolute atomic E-state index is 12.6. The van der Waals surface area contributed by atoms with Gasteiger partial charge in [-0.15, -0.1) is 13.2 Å². The second-order valence-corrected chi connectivity index (χ2v) is 6.26. The molecule has 1 rings (SSSR count). The first-order valence-corrected chi connectivity index (χ1v) is 8.65. The van der Waals surface area contributed by atoms with Gasteiger partial charge in [-0.1, -0.05) is 49.4 Å². The molecule has 1 aromatic carbocycles. The minimum Gasteiger partial charge on any atom is -0.455 e. The van der Waals surface area contributed by atoms with Crippen molar-refractivity contribution < 1.29 is 14.3 Å². The number of hydrogen-bond acceptors (Lipinski definition) is 3. The van der Waals surface area contributed by atoms with Crippen LogP contribution in [0.25, 0.3) is 0 Å². The Morgan fingerprint density at radius 2 is 1.80 bits per heavy atom. The van der Waals surface area contributed by atoms with Crippen LogP contribution >= 0.6 is 0 Å². The van der Waals surface area contributed by atoms with E-state index >= 15 is 0 Å². The summed E-state index contributed by atoms with van der Waals surface area (Å²) in [5, 5.41) is 0. The zero-order valence-corrected chi connectivity index (χ0v) is 15.5. The quantitative estimate of drug-likeness (QED) is 0.470. The average Bonchev–Trinajstić information content (AvgIpc) is 2.63. The second-order valence-electron chi connectivity index (χ2n) is 6.26. The van der Waals surface area contributed by atoms with Crippen LogP contribution < -0.4 is 0 Å². The summed E-state index contributed by atoms with van der Waals surface area (Å²) in [5.41, 5.74) is 0.873. The fourth-order valence-electron chi connectivity index (χ4n) is 2.61. The predicted octanol–water partition coefficient (Wildman–Crippen LogP) is 4.30. The van der Waals surface area contributed by atoms with E-state index in [0.29, 0.717) is 12.8 Å². The molecule has 0 fully saturated rings. The van der Waals surface area contributed by atoms with Crippen LogP contribution in [0.1, 0.15) is 44.8 Å². The van der Waals surface area contributed by atoms with E-state index in [-0.39, 0.29) is 30.3 Å². The maximum atomic E-state index is 12.6. The molecule has 0 N–H and O–H groups in total. The van der Waals surface area contributed by atoms with Gasteiger partial charge in [-0.3, -0.25) is 9.59 Å². The summed E-state index contributed by atoms with van der Waals surface area (Å²) in [6, 6.07) is 9.24. The number of rotatable bonds is 10. The van der Waals surface area contributed by atoms with Crippen molar-refractivity contribution in [3.05, 3.63) is 61.2 Å². The summed E-state index contributed by atoms with van der Waals surface area (Å²) in [7, 11) is 1.75. The Balaban J connectivity index is 2.97. The molecule has 25 heavy (non-hydrogen) atoms. The Hall–Kier alpha value is -2.36. The van der Waals surface area contributed by atoms with Gasteiger partial charge in [0, 0.05) is 19.4 Å². The van der Waals surface area contributed by atoms with Crippen LogP contribution in [0, 0.1) is 5.92 Å². The topological polar surface area (TPSA) is 46.6 Å². The van der Waals surface area contributed by atoms with Crippen molar-refractivity contribution in [2.45, 2.75) is 45.3 Å². The van der Waals surface area contributed by atoms with Crippen LogP contribution in [0.3, 0.4) is 0 Å². The van der Waals surface area contributed by atoms with Gasteiger partial charge in [0.1, 0.15) is 6.10 Å². The second kappa shape index (κ2) is 10.5. The normalized spacial score (nSPS) is 14.0. The molecule has 0 aliphatic rings. The number of amides is 1. The molecule has 0 aliphatic carbocycles. The largest absolute Gasteiger partial charge is 0.455 e. The number of benzene rings is 1. The first-order valence-electron chi connectivity index (χ1n) is 8.65. The lowest BCUT2D eigenvalue weighted by atomic mass is 10.00. The van der Waals surface area contributed by atoms with Gasteiger partial charge < -0.3 is 9.64 Å². The maximum Gasteiger partial charge on any atom is 0.306 e. The standard InChI is InChI=1S/C21H29NO3/c1-6-8-15-19(23)25-20(18-13-10-9-11-14-18)17(4)22(5)21(24)16(3)12-7-2/h6-7,9-11,13-14,16-17,20H,1-2,8,12,15H2,3-5H3. The molecule has 0 heterocycles. The van der Waals surface area contributed by atoms with Crippen LogP contribution in [0.4, 0.5) is 0 Å². The van der Waals surface area contributed by atoms with E-state index in [4.69, 9.17) is 4.74 Å². The number of allylic oxidation sites excluding steroid dienone is 2. The van der Waals surface area contributed by atoms with E-state index in [0.717, 1.165) is 5.56 Å². The van der Waals surface area contributed by atoms with Crippen molar-refractivity contribution in [2.75, 3.05) is 7.05 Å². The third-order valence-corrected chi connectivity index (χ3v) is 4.28. The summed E-state index contributed by atoms with van der Waals surface area (Å²) in [4.78, 5) is 26.4. The van der Waals surface area contributed by atoms with Crippen LogP contribution in [0.15, 0.2) is 55.6 Å². The third-order valence-electron chi connectivity index (χ3n) is 4.28. The number of carbonyl (C=O) groups excluding carboxylic acids is 2. The molecule has 0 spiro atoms. The molecule has 0 aliphatic heterocycles. The molecule has 0 bridgehead atoms. The first kappa shape index (κ1) is 20.7. The number of esters is 1. The van der Waals surface area contributed by atoms with Gasteiger partial charge in [-0.2, -0.15) is 0 Å². The molecule has 1 amide bonds. The number of carbonyl (C=O) groups is 2. The lowest BCUT2D eigenvalue weighted by Gasteiger charge is -2.33. The monoisotopic (exact) mass is 343 g/mol. The van der Waals surface area contributed by atoms with E-state index in [9.17, 15) is 9.59 Å². The van der Waals surface area contributed by atoms with E-state index in [1.54, 1.807) is 24.1 Å². The third kappa shape index (κ3) is 6.22. The molecule has 3 unspecified atom stereocenters. The molecule has 4 nitrogen and oxygen atoms in total. The summed E-state index contributed by atoms with van der Waals surface area (Å²) >= 11 is 0. The van der Waals surface area contributed by atoms with Crippen molar-refractivity contribution in [3.63, 3.8) is 0 Å². The van der Waals surface area contributed by atoms with Gasteiger partial charge in [0.15, 0.2) is 0 Å². The van der Waals surface area contributed by atoms with E-state index < -0.39 is 6.10 Å². The number of hydrogen-bond donors (Lipinski definition) is 0. The molecular formula is C21H29NO3. The minimum atomic E-state index is -0.511. The molecule has 0 radical (unpaired) electrons. The minimum absolute atomic E-state index is 0.00970. The molecule has 3 atom stereocenters. The molecule has 0 saturated heterocycles. The van der Waals surface area contributed by atoms with Gasteiger partial charge in [-0.05, 0) is 25.3 Å². The summed E-state index contributed by atoms with van der Waals surface area (Å²) < 4.78 is 5.71. The van der Waals surface area contributed by atoms with Crippen LogP contribution in [-0.2, 0) is 14.3 Å². The summed E-state index contributed by atoms with van der Waals surface area (Å²) in [6.45, 7) is 11.1. The molecule has 0 aromatic heterocycles. The number of likely N-dealkylation sites (N-methyl/N-ethyl adjacent to an activating group) is 1. The summed E-state index contributed by atoms with van der Waals surface area (Å²) in [6.07, 6.45) is 4.39. The Bertz CT molecular complexity index is 582. The zero-order valence-electron chi connectivity index (χ0n) is 15.5. The molecule has 4 heteroatoms. The van der Waals surface area contributed by atoms with Crippen molar-refractivity contribution in [1.82, 2.24) is 4.90 Å². The fourth-order valence-corrected chi connectivity index (χ4v) is 2.61. The first-order chi connectivity index (χ1) is 11.9. The predicted molar refractivity (Wildman–Crippen MR) is 101 cm³/mol. The highest BCUT2D eigenvalue weighted by molar-refractivity contribution is 5.79. The number of nitrogens with zero attached hydrogens (tertiary/aromatic N) is 1. The Morgan fingerprint density at radius 1 is 1.16 bits per heavy atom. The Labute approximate surface area is 151 Å². The molecule has 1 aromatic rings. The molecule has 136 valence electrons. The highest BCUT2D eigenvalue weighted by atomic mass is 16.5. The van der Waals surface area contributed by atoms with Crippen LogP contribution in [-0.4, -0.2) is 29.9 Å². The van der Waals surface area contributed by atoms with Crippen LogP contribution in [0.5, 0.6) is 0 Å². The Morgan fingerprint density at radius 3 is 2.36 bits per heavy atom. The fraction of sp³-hybridized carbons (Fsp3) is 0.429. The lowest BCUT2D eigenvalue weighted by Crippen LogP contribution is -2.42. The van der Waals surface area contributed by atoms with E-state index in [1.165, 1.54) is 0 Å². The van der Waals surface area contributed by atoms with Crippen molar-refractivity contribution >= 4 is 11.9 Å². The van der Waals surface area contributed by atoms with Gasteiger partial charge in [0.25, 0.3) is 0 Å². The SMILES string of the molecule is C=CCCC(=O)OC(c1ccccc1)C(C)N(C)C(=O)C(C)CC=C. The van der Waals surface area contributed by atoms with Gasteiger partial charge in [-0.25, -0.2) is 0 Å². The van der Waals surface area contributed by atoms with Crippen molar-refractivity contribution in [2.24, 2.45) is 5.92 Å². The lowest BCUT2D eigenvalue weighted by molar-refractivity contribution is -0.156. The molecular weight excluding hydrogens is 314 g/mol. The van der Waals surface area contributed by atoms with Crippen LogP contribution in [0.2, 0.25) is 0 Å². The van der Waals surface area contributed by atoms with E-state index in [2.05, 4.69) is 13.2 Å². The summed E-state index contributed by atoms with van der Waals surface area (Å²) in [5.74, 6) is -0.436. The van der Waals surface area contributed by atoms with E-state index in [1.807, 2.05) is 44.2 Å². The molecule has 0 saturated carbocycles.